The second kappa shape index (κ2) is 5.92. The number of hydrogen-bond donors (Lipinski definition) is 1. The van der Waals surface area contributed by atoms with Crippen molar-refractivity contribution in [1.29, 1.82) is 5.26 Å². The van der Waals surface area contributed by atoms with E-state index in [9.17, 15) is 28.3 Å². The Kier molecular flexibility index (Phi) is 4.03. The summed E-state index contributed by atoms with van der Waals surface area (Å²) in [6, 6.07) is 7.23. The average Bonchev–Trinajstić information content (AvgIpc) is 2.99. The van der Waals surface area contributed by atoms with Gasteiger partial charge in [0.05, 0.1) is 28.6 Å². The molecule has 25 heavy (non-hydrogen) atoms. The molecule has 2 heterocycles. The molecule has 8 heteroatoms. The first-order chi connectivity index (χ1) is 11.7. The van der Waals surface area contributed by atoms with E-state index in [1.807, 2.05) is 19.1 Å². The molecule has 0 radical (unpaired) electrons. The van der Waals surface area contributed by atoms with Gasteiger partial charge in [0.15, 0.2) is 0 Å². The third kappa shape index (κ3) is 2.97. The molecule has 0 amide bonds. The Morgan fingerprint density at radius 3 is 2.68 bits per heavy atom. The fraction of sp³-hybridized carbons (Fsp3) is 0.353. The van der Waals surface area contributed by atoms with Crippen molar-refractivity contribution in [3.8, 4) is 6.07 Å². The van der Waals surface area contributed by atoms with Gasteiger partial charge in [-0.2, -0.15) is 18.4 Å². The smallest absolute Gasteiger partial charge is 0.394 e. The Labute approximate surface area is 141 Å². The first kappa shape index (κ1) is 17.0. The van der Waals surface area contributed by atoms with Crippen LogP contribution < -0.4 is 4.90 Å². The number of halogens is 3. The SMILES string of the molecule is Cc1ccc2ncc(C#N)c(N3C[C@@H](C(F)(F)F)[C@H](C(=O)O)C3)c2c1. The van der Waals surface area contributed by atoms with Crippen LogP contribution in [0.15, 0.2) is 24.4 Å². The van der Waals surface area contributed by atoms with E-state index >= 15 is 0 Å². The molecule has 2 atom stereocenters. The highest BCUT2D eigenvalue weighted by atomic mass is 19.4. The summed E-state index contributed by atoms with van der Waals surface area (Å²) < 4.78 is 39.8. The third-order valence-corrected chi connectivity index (χ3v) is 4.49. The number of aromatic nitrogens is 1. The Balaban J connectivity index is 2.15. The van der Waals surface area contributed by atoms with Crippen LogP contribution in [0, 0.1) is 30.1 Å². The minimum Gasteiger partial charge on any atom is -0.481 e. The van der Waals surface area contributed by atoms with Crippen LogP contribution in [-0.4, -0.2) is 35.3 Å². The number of nitrogens with zero attached hydrogens (tertiary/aromatic N) is 3. The fourth-order valence-corrected chi connectivity index (χ4v) is 3.28. The number of alkyl halides is 3. The number of hydrogen-bond acceptors (Lipinski definition) is 4. The molecule has 1 aromatic carbocycles. The van der Waals surface area contributed by atoms with Crippen molar-refractivity contribution in [3.63, 3.8) is 0 Å². The maximum atomic E-state index is 13.3. The second-order valence-electron chi connectivity index (χ2n) is 6.15. The Morgan fingerprint density at radius 1 is 1.40 bits per heavy atom. The Bertz CT molecular complexity index is 889. The minimum atomic E-state index is -4.62. The van der Waals surface area contributed by atoms with Gasteiger partial charge in [0.25, 0.3) is 0 Å². The zero-order chi connectivity index (χ0) is 18.4. The zero-order valence-corrected chi connectivity index (χ0v) is 13.2. The summed E-state index contributed by atoms with van der Waals surface area (Å²) in [6.45, 7) is 1.02. The molecule has 5 nitrogen and oxygen atoms in total. The standard InChI is InChI=1S/C17H14F3N3O2/c1-9-2-3-14-11(4-9)15(10(5-21)6-22-14)23-7-12(16(24)25)13(8-23)17(18,19)20/h2-4,6,12-13H,7-8H2,1H3,(H,24,25)/t12-,13-/m1/s1. The highest BCUT2D eigenvalue weighted by Gasteiger charge is 2.53. The van der Waals surface area contributed by atoms with Gasteiger partial charge in [-0.05, 0) is 19.1 Å². The molecule has 2 aromatic rings. The highest BCUT2D eigenvalue weighted by Crippen LogP contribution is 2.41. The molecule has 1 aliphatic rings. The van der Waals surface area contributed by atoms with Crippen LogP contribution in [0.5, 0.6) is 0 Å². The van der Waals surface area contributed by atoms with E-state index in [1.54, 1.807) is 12.1 Å². The van der Waals surface area contributed by atoms with Gasteiger partial charge in [-0.15, -0.1) is 0 Å². The number of benzene rings is 1. The number of aliphatic carboxylic acids is 1. The number of anilines is 1. The van der Waals surface area contributed by atoms with Crippen LogP contribution in [0.4, 0.5) is 18.9 Å². The lowest BCUT2D eigenvalue weighted by molar-refractivity contribution is -0.187. The van der Waals surface area contributed by atoms with Crippen LogP contribution >= 0.6 is 0 Å². The first-order valence-corrected chi connectivity index (χ1v) is 7.56. The number of fused-ring (bicyclic) bond motifs is 1. The largest absolute Gasteiger partial charge is 0.481 e. The van der Waals surface area contributed by atoms with Crippen molar-refractivity contribution in [1.82, 2.24) is 4.98 Å². The number of carboxylic acid groups (broad SMARTS) is 1. The summed E-state index contributed by atoms with van der Waals surface area (Å²) in [6.07, 6.45) is -3.31. The lowest BCUT2D eigenvalue weighted by Crippen LogP contribution is -2.33. The van der Waals surface area contributed by atoms with E-state index in [1.165, 1.54) is 11.1 Å². The van der Waals surface area contributed by atoms with E-state index in [4.69, 9.17) is 0 Å². The summed E-state index contributed by atoms with van der Waals surface area (Å²) in [5.74, 6) is -5.04. The van der Waals surface area contributed by atoms with Crippen molar-refractivity contribution in [2.24, 2.45) is 11.8 Å². The van der Waals surface area contributed by atoms with Gasteiger partial charge in [0, 0.05) is 24.7 Å². The van der Waals surface area contributed by atoms with E-state index in [0.717, 1.165) is 5.56 Å². The molecule has 0 spiro atoms. The molecule has 1 aromatic heterocycles. The van der Waals surface area contributed by atoms with Gasteiger partial charge in [0.1, 0.15) is 6.07 Å². The Morgan fingerprint density at radius 2 is 2.12 bits per heavy atom. The summed E-state index contributed by atoms with van der Waals surface area (Å²) in [5, 5.41) is 19.1. The molecular formula is C17H14F3N3O2. The van der Waals surface area contributed by atoms with Gasteiger partial charge in [-0.1, -0.05) is 11.6 Å². The predicted molar refractivity (Wildman–Crippen MR) is 84.1 cm³/mol. The molecule has 1 fully saturated rings. The second-order valence-corrected chi connectivity index (χ2v) is 6.15. The topological polar surface area (TPSA) is 77.2 Å². The van der Waals surface area contributed by atoms with Gasteiger partial charge in [0.2, 0.25) is 0 Å². The molecule has 0 saturated carbocycles. The number of rotatable bonds is 2. The van der Waals surface area contributed by atoms with Gasteiger partial charge >= 0.3 is 12.1 Å². The molecule has 1 saturated heterocycles. The average molecular weight is 349 g/mol. The maximum absolute atomic E-state index is 13.3. The lowest BCUT2D eigenvalue weighted by atomic mass is 9.96. The minimum absolute atomic E-state index is 0.130. The monoisotopic (exact) mass is 349 g/mol. The van der Waals surface area contributed by atoms with Crippen molar-refractivity contribution in [2.75, 3.05) is 18.0 Å². The molecule has 0 aliphatic carbocycles. The van der Waals surface area contributed by atoms with Crippen molar-refractivity contribution in [3.05, 3.63) is 35.5 Å². The van der Waals surface area contributed by atoms with Gasteiger partial charge < -0.3 is 10.0 Å². The van der Waals surface area contributed by atoms with Crippen molar-refractivity contribution in [2.45, 2.75) is 13.1 Å². The predicted octanol–water partition coefficient (Wildman–Crippen LogP) is 3.11. The molecule has 0 bridgehead atoms. The van der Waals surface area contributed by atoms with E-state index in [-0.39, 0.29) is 12.1 Å². The molecule has 1 aliphatic heterocycles. The molecule has 3 rings (SSSR count). The summed E-state index contributed by atoms with van der Waals surface area (Å²) in [4.78, 5) is 16.8. The quantitative estimate of drug-likeness (QED) is 0.901. The highest BCUT2D eigenvalue weighted by molar-refractivity contribution is 5.95. The van der Waals surface area contributed by atoms with Crippen molar-refractivity contribution >= 4 is 22.6 Å². The van der Waals surface area contributed by atoms with Gasteiger partial charge in [-0.3, -0.25) is 9.78 Å². The number of aryl methyl sites for hydroxylation is 1. The molecule has 0 unspecified atom stereocenters. The molecule has 1 N–H and O–H groups in total. The van der Waals surface area contributed by atoms with Crippen LogP contribution in [0.1, 0.15) is 11.1 Å². The van der Waals surface area contributed by atoms with E-state index in [2.05, 4.69) is 4.98 Å². The summed E-state index contributed by atoms with van der Waals surface area (Å²) in [7, 11) is 0. The molecular weight excluding hydrogens is 335 g/mol. The van der Waals surface area contributed by atoms with Crippen LogP contribution in [0.2, 0.25) is 0 Å². The van der Waals surface area contributed by atoms with Crippen molar-refractivity contribution < 1.29 is 23.1 Å². The first-order valence-electron chi connectivity index (χ1n) is 7.56. The Hall–Kier alpha value is -2.82. The number of carbonyl (C=O) groups is 1. The van der Waals surface area contributed by atoms with Crippen LogP contribution in [0.25, 0.3) is 10.9 Å². The lowest BCUT2D eigenvalue weighted by Gasteiger charge is -2.22. The van der Waals surface area contributed by atoms with Gasteiger partial charge in [-0.25, -0.2) is 0 Å². The maximum Gasteiger partial charge on any atom is 0.394 e. The summed E-state index contributed by atoms with van der Waals surface area (Å²) in [5.41, 5.74) is 1.85. The van der Waals surface area contributed by atoms with E-state index < -0.39 is 30.5 Å². The third-order valence-electron chi connectivity index (χ3n) is 4.49. The number of pyridine rings is 1. The van der Waals surface area contributed by atoms with Crippen LogP contribution in [0.3, 0.4) is 0 Å². The van der Waals surface area contributed by atoms with Crippen LogP contribution in [-0.2, 0) is 4.79 Å². The molecule has 130 valence electrons. The zero-order valence-electron chi connectivity index (χ0n) is 13.2. The number of carboxylic acids is 1. The van der Waals surface area contributed by atoms with E-state index in [0.29, 0.717) is 16.6 Å². The number of nitriles is 1. The fourth-order valence-electron chi connectivity index (χ4n) is 3.28. The normalized spacial score (nSPS) is 20.7. The summed E-state index contributed by atoms with van der Waals surface area (Å²) >= 11 is 0.